The minimum absolute atomic E-state index is 0.248. The van der Waals surface area contributed by atoms with Crippen molar-refractivity contribution in [2.75, 3.05) is 0 Å². The maximum Gasteiger partial charge on any atom is 0.293 e. The molecule has 2 aromatic heterocycles. The third kappa shape index (κ3) is 3.22. The fourth-order valence-corrected chi connectivity index (χ4v) is 2.71. The quantitative estimate of drug-likeness (QED) is 0.756. The molecule has 0 saturated carbocycles. The number of para-hydroxylation sites is 1. The molecular formula is C18H20N4O2. The fraction of sp³-hybridized carbons (Fsp3) is 0.278. The van der Waals surface area contributed by atoms with Crippen molar-refractivity contribution in [1.29, 1.82) is 0 Å². The number of unbranched alkanes of at least 4 members (excludes halogenated alkanes) is 1. The largest absolute Gasteiger partial charge is 0.503 e. The Kier molecular flexibility index (Phi) is 4.74. The maximum atomic E-state index is 12.3. The first-order valence-corrected chi connectivity index (χ1v) is 8.08. The molecule has 1 unspecified atom stereocenters. The van der Waals surface area contributed by atoms with Crippen LogP contribution in [0.15, 0.2) is 59.7 Å². The molecule has 0 aliphatic carbocycles. The van der Waals surface area contributed by atoms with Gasteiger partial charge in [0.25, 0.3) is 5.56 Å². The molecule has 0 aliphatic heterocycles. The van der Waals surface area contributed by atoms with Crippen molar-refractivity contribution in [3.8, 4) is 11.4 Å². The Balaban J connectivity index is 1.99. The predicted molar refractivity (Wildman–Crippen MR) is 91.4 cm³/mol. The van der Waals surface area contributed by atoms with Gasteiger partial charge in [0.2, 0.25) is 0 Å². The molecule has 2 heterocycles. The smallest absolute Gasteiger partial charge is 0.293 e. The first-order chi connectivity index (χ1) is 11.7. The molecule has 1 N–H and O–H groups in total. The summed E-state index contributed by atoms with van der Waals surface area (Å²) in [7, 11) is 0. The Morgan fingerprint density at radius 3 is 2.71 bits per heavy atom. The minimum Gasteiger partial charge on any atom is -0.503 e. The average Bonchev–Trinajstić information content (AvgIpc) is 3.09. The zero-order valence-corrected chi connectivity index (χ0v) is 13.5. The highest BCUT2D eigenvalue weighted by molar-refractivity contribution is 5.30. The van der Waals surface area contributed by atoms with E-state index in [0.29, 0.717) is 5.69 Å². The van der Waals surface area contributed by atoms with Crippen LogP contribution in [0.5, 0.6) is 5.75 Å². The summed E-state index contributed by atoms with van der Waals surface area (Å²) in [6.07, 6.45) is 6.24. The van der Waals surface area contributed by atoms with E-state index in [0.717, 1.165) is 24.9 Å². The molecular weight excluding hydrogens is 304 g/mol. The number of rotatable bonds is 6. The number of hydrogen-bond acceptors (Lipinski definition) is 4. The van der Waals surface area contributed by atoms with Crippen LogP contribution < -0.4 is 5.56 Å². The molecule has 1 aromatic carbocycles. The van der Waals surface area contributed by atoms with Gasteiger partial charge in [0.1, 0.15) is 5.69 Å². The van der Waals surface area contributed by atoms with Crippen molar-refractivity contribution in [3.63, 3.8) is 0 Å². The Morgan fingerprint density at radius 1 is 1.17 bits per heavy atom. The highest BCUT2D eigenvalue weighted by atomic mass is 16.3. The van der Waals surface area contributed by atoms with E-state index in [1.54, 1.807) is 16.9 Å². The van der Waals surface area contributed by atoms with Gasteiger partial charge in [0.15, 0.2) is 5.75 Å². The van der Waals surface area contributed by atoms with Gasteiger partial charge in [-0.05, 0) is 30.7 Å². The minimum atomic E-state index is -0.409. The molecule has 0 amide bonds. The van der Waals surface area contributed by atoms with Gasteiger partial charge in [-0.15, -0.1) is 5.10 Å². The van der Waals surface area contributed by atoms with E-state index in [4.69, 9.17) is 0 Å². The number of nitrogens with zero attached hydrogens (tertiary/aromatic N) is 4. The van der Waals surface area contributed by atoms with Crippen molar-refractivity contribution in [1.82, 2.24) is 19.6 Å². The highest BCUT2D eigenvalue weighted by Crippen LogP contribution is 2.22. The summed E-state index contributed by atoms with van der Waals surface area (Å²) in [5, 5.41) is 18.2. The molecule has 0 saturated heterocycles. The predicted octanol–water partition coefficient (Wildman–Crippen LogP) is 2.91. The molecule has 1 atom stereocenters. The first-order valence-electron chi connectivity index (χ1n) is 8.08. The monoisotopic (exact) mass is 324 g/mol. The van der Waals surface area contributed by atoms with Crippen LogP contribution in [0.4, 0.5) is 0 Å². The second kappa shape index (κ2) is 7.12. The average molecular weight is 324 g/mol. The molecule has 0 bridgehead atoms. The number of aromatic nitrogens is 4. The van der Waals surface area contributed by atoms with Crippen molar-refractivity contribution >= 4 is 0 Å². The van der Waals surface area contributed by atoms with Gasteiger partial charge < -0.3 is 9.67 Å². The number of hydrogen-bond donors (Lipinski definition) is 1. The molecule has 0 aliphatic rings. The van der Waals surface area contributed by atoms with Gasteiger partial charge in [-0.1, -0.05) is 43.2 Å². The summed E-state index contributed by atoms with van der Waals surface area (Å²) >= 11 is 0. The van der Waals surface area contributed by atoms with Gasteiger partial charge in [0.05, 0.1) is 17.9 Å². The van der Waals surface area contributed by atoms with Gasteiger partial charge in [0, 0.05) is 6.20 Å². The molecule has 3 aromatic rings. The number of pyridine rings is 1. The summed E-state index contributed by atoms with van der Waals surface area (Å²) in [4.78, 5) is 12.3. The van der Waals surface area contributed by atoms with E-state index in [1.807, 2.05) is 36.5 Å². The number of benzene rings is 1. The number of aromatic hydroxyl groups is 1. The summed E-state index contributed by atoms with van der Waals surface area (Å²) in [5.41, 5.74) is 1.21. The Bertz CT molecular complexity index is 855. The Morgan fingerprint density at radius 2 is 1.96 bits per heavy atom. The van der Waals surface area contributed by atoms with Crippen LogP contribution >= 0.6 is 0 Å². The molecule has 6 nitrogen and oxygen atoms in total. The first kappa shape index (κ1) is 16.0. The van der Waals surface area contributed by atoms with E-state index in [1.165, 1.54) is 10.6 Å². The molecule has 0 radical (unpaired) electrons. The summed E-state index contributed by atoms with van der Waals surface area (Å²) in [6.45, 7) is 2.10. The SMILES string of the molecule is CCCCC(c1cn(-c2ccccc2)nn1)n1cccc(O)c1=O. The van der Waals surface area contributed by atoms with E-state index < -0.39 is 5.56 Å². The zero-order chi connectivity index (χ0) is 16.9. The van der Waals surface area contributed by atoms with E-state index in [9.17, 15) is 9.90 Å². The lowest BCUT2D eigenvalue weighted by molar-refractivity contribution is 0.436. The second-order valence-electron chi connectivity index (χ2n) is 5.69. The third-order valence-corrected chi connectivity index (χ3v) is 3.99. The van der Waals surface area contributed by atoms with Crippen LogP contribution in [0.25, 0.3) is 5.69 Å². The van der Waals surface area contributed by atoms with Crippen molar-refractivity contribution in [2.24, 2.45) is 0 Å². The lowest BCUT2D eigenvalue weighted by Gasteiger charge is -2.17. The lowest BCUT2D eigenvalue weighted by Crippen LogP contribution is -2.25. The zero-order valence-electron chi connectivity index (χ0n) is 13.5. The molecule has 0 spiro atoms. The second-order valence-corrected chi connectivity index (χ2v) is 5.69. The maximum absolute atomic E-state index is 12.3. The Labute approximate surface area is 140 Å². The van der Waals surface area contributed by atoms with Crippen molar-refractivity contribution < 1.29 is 5.11 Å². The van der Waals surface area contributed by atoms with Gasteiger partial charge in [-0.3, -0.25) is 4.79 Å². The van der Waals surface area contributed by atoms with E-state index in [2.05, 4.69) is 17.2 Å². The molecule has 3 rings (SSSR count). The van der Waals surface area contributed by atoms with Gasteiger partial charge in [-0.25, -0.2) is 4.68 Å². The standard InChI is InChI=1S/C18H20N4O2/c1-2-3-10-16(21-12-7-11-17(23)18(21)24)15-13-22(20-19-15)14-8-5-4-6-9-14/h4-9,11-13,16,23H,2-3,10H2,1H3. The molecule has 24 heavy (non-hydrogen) atoms. The van der Waals surface area contributed by atoms with Crippen LogP contribution in [0, 0.1) is 0 Å². The van der Waals surface area contributed by atoms with Crippen LogP contribution in [0.3, 0.4) is 0 Å². The summed E-state index contributed by atoms with van der Waals surface area (Å²) < 4.78 is 3.23. The van der Waals surface area contributed by atoms with Crippen LogP contribution in [0.2, 0.25) is 0 Å². The normalized spacial score (nSPS) is 12.2. The summed E-state index contributed by atoms with van der Waals surface area (Å²) in [6, 6.07) is 12.5. The highest BCUT2D eigenvalue weighted by Gasteiger charge is 2.19. The van der Waals surface area contributed by atoms with Gasteiger partial charge >= 0.3 is 0 Å². The van der Waals surface area contributed by atoms with Crippen LogP contribution in [0.1, 0.15) is 37.9 Å². The molecule has 6 heteroatoms. The van der Waals surface area contributed by atoms with Crippen molar-refractivity contribution in [2.45, 2.75) is 32.2 Å². The Hall–Kier alpha value is -2.89. The topological polar surface area (TPSA) is 72.9 Å². The van der Waals surface area contributed by atoms with Gasteiger partial charge in [-0.2, -0.15) is 0 Å². The van der Waals surface area contributed by atoms with Crippen LogP contribution in [-0.4, -0.2) is 24.7 Å². The lowest BCUT2D eigenvalue weighted by atomic mass is 10.1. The van der Waals surface area contributed by atoms with Crippen molar-refractivity contribution in [3.05, 3.63) is 70.9 Å². The summed E-state index contributed by atoms with van der Waals surface area (Å²) in [5.74, 6) is -0.255. The van der Waals surface area contributed by atoms with E-state index >= 15 is 0 Å². The molecule has 124 valence electrons. The third-order valence-electron chi connectivity index (χ3n) is 3.99. The molecule has 0 fully saturated rings. The fourth-order valence-electron chi connectivity index (χ4n) is 2.71. The van der Waals surface area contributed by atoms with Crippen LogP contribution in [-0.2, 0) is 0 Å². The van der Waals surface area contributed by atoms with E-state index in [-0.39, 0.29) is 11.8 Å².